The monoisotopic (exact) mass is 436 g/mol. The number of methoxy groups -OCH3 is 1. The molecule has 0 unspecified atom stereocenters. The van der Waals surface area contributed by atoms with Gasteiger partial charge in [0.25, 0.3) is 10.0 Å². The van der Waals surface area contributed by atoms with Crippen molar-refractivity contribution in [2.24, 2.45) is 0 Å². The molecule has 4 rings (SSSR count). The number of rotatable bonds is 7. The zero-order chi connectivity index (χ0) is 21.8. The molecule has 10 heteroatoms. The molecule has 0 radical (unpaired) electrons. The number of hydrogen-bond acceptors (Lipinski definition) is 7. The average molecular weight is 436 g/mol. The van der Waals surface area contributed by atoms with Gasteiger partial charge in [-0.15, -0.1) is 0 Å². The highest BCUT2D eigenvalue weighted by Gasteiger charge is 2.19. The van der Waals surface area contributed by atoms with E-state index in [4.69, 9.17) is 4.74 Å². The van der Waals surface area contributed by atoms with Crippen LogP contribution in [0.15, 0.2) is 78.5 Å². The second-order valence-corrected chi connectivity index (χ2v) is 8.34. The van der Waals surface area contributed by atoms with Crippen LogP contribution in [0.5, 0.6) is 5.75 Å². The molecule has 0 bridgehead atoms. The normalized spacial score (nSPS) is 11.2. The highest BCUT2D eigenvalue weighted by molar-refractivity contribution is 7.92. The van der Waals surface area contributed by atoms with Crippen molar-refractivity contribution in [2.75, 3.05) is 17.1 Å². The predicted molar refractivity (Wildman–Crippen MR) is 117 cm³/mol. The molecule has 0 aliphatic carbocycles. The van der Waals surface area contributed by atoms with Crippen LogP contribution >= 0.6 is 0 Å². The van der Waals surface area contributed by atoms with E-state index < -0.39 is 10.0 Å². The van der Waals surface area contributed by atoms with Crippen LogP contribution in [0.2, 0.25) is 0 Å². The van der Waals surface area contributed by atoms with E-state index in [9.17, 15) is 8.42 Å². The van der Waals surface area contributed by atoms with Crippen LogP contribution in [0.1, 0.15) is 5.56 Å². The molecule has 0 atom stereocenters. The molecule has 2 aromatic carbocycles. The lowest BCUT2D eigenvalue weighted by Gasteiger charge is -2.13. The molecule has 9 nitrogen and oxygen atoms in total. The molecule has 4 aromatic rings. The summed E-state index contributed by atoms with van der Waals surface area (Å²) in [5, 5.41) is 3.17. The number of nitrogens with zero attached hydrogens (tertiary/aromatic N) is 4. The lowest BCUT2D eigenvalue weighted by molar-refractivity contribution is 0.402. The van der Waals surface area contributed by atoms with Crippen LogP contribution < -0.4 is 14.8 Å². The van der Waals surface area contributed by atoms with Gasteiger partial charge in [0.1, 0.15) is 34.9 Å². The molecule has 0 aliphatic rings. The first-order valence-corrected chi connectivity index (χ1v) is 10.8. The van der Waals surface area contributed by atoms with Crippen LogP contribution in [-0.4, -0.2) is 35.0 Å². The number of anilines is 3. The summed E-state index contributed by atoms with van der Waals surface area (Å²) in [6.45, 7) is 1.82. The summed E-state index contributed by atoms with van der Waals surface area (Å²) in [4.78, 5) is 12.5. The van der Waals surface area contributed by atoms with Gasteiger partial charge in [-0.2, -0.15) is 0 Å². The second-order valence-electron chi connectivity index (χ2n) is 6.69. The molecule has 2 heterocycles. The molecule has 0 aliphatic heterocycles. The standard InChI is InChI=1S/C21H20N6O3S/c1-15-3-8-18(30-2)19(11-15)31(28,29)26-17-6-4-16(5-7-17)25-20-12-21(24-13-23-20)27-10-9-22-14-27/h3-14,26H,1-2H3,(H,23,24,25). The van der Waals surface area contributed by atoms with Gasteiger partial charge in [0.05, 0.1) is 7.11 Å². The van der Waals surface area contributed by atoms with Crippen LogP contribution in [0, 0.1) is 6.92 Å². The minimum Gasteiger partial charge on any atom is -0.495 e. The fraction of sp³-hybridized carbons (Fsp3) is 0.0952. The quantitative estimate of drug-likeness (QED) is 0.456. The van der Waals surface area contributed by atoms with E-state index >= 15 is 0 Å². The van der Waals surface area contributed by atoms with Crippen molar-refractivity contribution in [3.63, 3.8) is 0 Å². The first kappa shape index (κ1) is 20.4. The predicted octanol–water partition coefficient (Wildman–Crippen LogP) is 3.52. The molecular formula is C21H20N6O3S. The Morgan fingerprint density at radius 3 is 2.48 bits per heavy atom. The first-order chi connectivity index (χ1) is 14.9. The third-order valence-electron chi connectivity index (χ3n) is 4.44. The lowest BCUT2D eigenvalue weighted by Crippen LogP contribution is -2.14. The summed E-state index contributed by atoms with van der Waals surface area (Å²) >= 11 is 0. The number of hydrogen-bond donors (Lipinski definition) is 2. The number of sulfonamides is 1. The Kier molecular flexibility index (Phi) is 5.54. The Morgan fingerprint density at radius 1 is 1.00 bits per heavy atom. The Morgan fingerprint density at radius 2 is 1.77 bits per heavy atom. The largest absolute Gasteiger partial charge is 0.495 e. The van der Waals surface area contributed by atoms with Gasteiger partial charge in [-0.1, -0.05) is 6.07 Å². The van der Waals surface area contributed by atoms with Gasteiger partial charge in [-0.25, -0.2) is 23.4 Å². The zero-order valence-corrected chi connectivity index (χ0v) is 17.7. The maximum atomic E-state index is 12.8. The van der Waals surface area contributed by atoms with Crippen LogP contribution in [0.25, 0.3) is 5.82 Å². The fourth-order valence-electron chi connectivity index (χ4n) is 2.92. The maximum Gasteiger partial charge on any atom is 0.265 e. The SMILES string of the molecule is COc1ccc(C)cc1S(=O)(=O)Nc1ccc(Nc2cc(-n3ccnc3)ncn2)cc1. The van der Waals surface area contributed by atoms with Gasteiger partial charge in [-0.3, -0.25) is 9.29 Å². The Hall–Kier alpha value is -3.92. The topological polar surface area (TPSA) is 111 Å². The fourth-order valence-corrected chi connectivity index (χ4v) is 4.24. The molecule has 0 saturated carbocycles. The third-order valence-corrected chi connectivity index (χ3v) is 5.84. The number of aryl methyl sites for hydroxylation is 1. The van der Waals surface area contributed by atoms with Crippen LogP contribution in [0.3, 0.4) is 0 Å². The van der Waals surface area contributed by atoms with Crippen molar-refractivity contribution in [3.05, 3.63) is 79.1 Å². The summed E-state index contributed by atoms with van der Waals surface area (Å²) in [7, 11) is -2.37. The van der Waals surface area contributed by atoms with Crippen LogP contribution in [0.4, 0.5) is 17.2 Å². The first-order valence-electron chi connectivity index (χ1n) is 9.29. The number of imidazole rings is 1. The molecule has 0 saturated heterocycles. The van der Waals surface area contributed by atoms with Crippen molar-refractivity contribution in [1.82, 2.24) is 19.5 Å². The van der Waals surface area contributed by atoms with Crippen molar-refractivity contribution in [3.8, 4) is 11.6 Å². The number of aromatic nitrogens is 4. The van der Waals surface area contributed by atoms with Gasteiger partial charge in [-0.05, 0) is 48.9 Å². The molecule has 158 valence electrons. The van der Waals surface area contributed by atoms with E-state index in [2.05, 4.69) is 25.0 Å². The molecule has 0 amide bonds. The van der Waals surface area contributed by atoms with E-state index in [1.807, 2.05) is 6.92 Å². The molecule has 31 heavy (non-hydrogen) atoms. The van der Waals surface area contributed by atoms with E-state index in [0.29, 0.717) is 17.3 Å². The van der Waals surface area contributed by atoms with Crippen molar-refractivity contribution >= 4 is 27.2 Å². The average Bonchev–Trinajstić information content (AvgIpc) is 3.30. The van der Waals surface area contributed by atoms with E-state index in [1.165, 1.54) is 13.4 Å². The Labute approximate surface area is 179 Å². The summed E-state index contributed by atoms with van der Waals surface area (Å²) in [6.07, 6.45) is 6.56. The van der Waals surface area contributed by atoms with Crippen molar-refractivity contribution < 1.29 is 13.2 Å². The summed E-state index contributed by atoms with van der Waals surface area (Å²) in [5.41, 5.74) is 1.99. The lowest BCUT2D eigenvalue weighted by atomic mass is 10.2. The molecule has 0 spiro atoms. The summed E-state index contributed by atoms with van der Waals surface area (Å²) in [5.74, 6) is 1.55. The van der Waals surface area contributed by atoms with Crippen molar-refractivity contribution in [1.29, 1.82) is 0 Å². The molecule has 2 N–H and O–H groups in total. The maximum absolute atomic E-state index is 12.8. The van der Waals surface area contributed by atoms with Crippen LogP contribution in [-0.2, 0) is 10.0 Å². The number of benzene rings is 2. The Balaban J connectivity index is 1.50. The van der Waals surface area contributed by atoms with E-state index in [-0.39, 0.29) is 10.6 Å². The summed E-state index contributed by atoms with van der Waals surface area (Å²) < 4.78 is 35.2. The highest BCUT2D eigenvalue weighted by atomic mass is 32.2. The van der Waals surface area contributed by atoms with Gasteiger partial charge < -0.3 is 10.1 Å². The molecule has 2 aromatic heterocycles. The number of nitrogens with one attached hydrogen (secondary N) is 2. The van der Waals surface area contributed by atoms with Gasteiger partial charge in [0, 0.05) is 29.8 Å². The van der Waals surface area contributed by atoms with Gasteiger partial charge in [0.15, 0.2) is 0 Å². The third kappa shape index (κ3) is 4.64. The van der Waals surface area contributed by atoms with E-state index in [1.54, 1.807) is 71.8 Å². The Bertz CT molecular complexity index is 1290. The van der Waals surface area contributed by atoms with Crippen molar-refractivity contribution in [2.45, 2.75) is 11.8 Å². The van der Waals surface area contributed by atoms with Gasteiger partial charge in [0.2, 0.25) is 0 Å². The zero-order valence-electron chi connectivity index (χ0n) is 16.9. The smallest absolute Gasteiger partial charge is 0.265 e. The minimum absolute atomic E-state index is 0.0882. The van der Waals surface area contributed by atoms with E-state index in [0.717, 1.165) is 11.3 Å². The minimum atomic E-state index is -3.81. The van der Waals surface area contributed by atoms with Gasteiger partial charge >= 0.3 is 0 Å². The molecule has 0 fully saturated rings. The second kappa shape index (κ2) is 8.44. The number of ether oxygens (including phenoxy) is 1. The highest BCUT2D eigenvalue weighted by Crippen LogP contribution is 2.27. The summed E-state index contributed by atoms with van der Waals surface area (Å²) in [6, 6.07) is 13.6. The molecular weight excluding hydrogens is 416 g/mol.